The Morgan fingerprint density at radius 1 is 1.05 bits per heavy atom. The number of carboxylic acids is 1. The standard InChI is InChI=1S/C12H24O2.C4H12N2O/c1-2-3-4-5-6-7-8-9-10-11-12(13)14;1-4(5)6(2,3)7/h2-11H2,1H3,(H,13,14);4H,5H2,1-3H3. The van der Waals surface area contributed by atoms with Gasteiger partial charge >= 0.3 is 5.97 Å². The van der Waals surface area contributed by atoms with Crippen LogP contribution < -0.4 is 5.73 Å². The Kier molecular flexibility index (Phi) is 15.4. The minimum atomic E-state index is -0.659. The largest absolute Gasteiger partial charge is 0.632 e. The molecule has 0 bridgehead atoms. The van der Waals surface area contributed by atoms with Gasteiger partial charge in [0.05, 0.1) is 14.1 Å². The fourth-order valence-electron chi connectivity index (χ4n) is 1.59. The molecule has 0 fully saturated rings. The van der Waals surface area contributed by atoms with Gasteiger partial charge in [0, 0.05) is 13.3 Å². The van der Waals surface area contributed by atoms with Crippen LogP contribution in [0.25, 0.3) is 0 Å². The van der Waals surface area contributed by atoms with Crippen molar-refractivity contribution >= 4 is 5.97 Å². The summed E-state index contributed by atoms with van der Waals surface area (Å²) in [6.45, 7) is 3.92. The number of unbranched alkanes of at least 4 members (excludes halogenated alkanes) is 8. The van der Waals surface area contributed by atoms with Crippen molar-refractivity contribution in [3.63, 3.8) is 0 Å². The maximum atomic E-state index is 10.6. The lowest BCUT2D eigenvalue weighted by molar-refractivity contribution is -0.864. The fourth-order valence-corrected chi connectivity index (χ4v) is 1.59. The van der Waals surface area contributed by atoms with Gasteiger partial charge in [-0.2, -0.15) is 0 Å². The Bertz CT molecular complexity index is 238. The Morgan fingerprint density at radius 3 is 1.67 bits per heavy atom. The Labute approximate surface area is 130 Å². The molecular formula is C16H36N2O3. The molecule has 0 saturated carbocycles. The molecule has 0 heterocycles. The smallest absolute Gasteiger partial charge is 0.303 e. The molecule has 0 aliphatic carbocycles. The van der Waals surface area contributed by atoms with Crippen LogP contribution >= 0.6 is 0 Å². The summed E-state index contributed by atoms with van der Waals surface area (Å²) in [5.74, 6) is -0.659. The lowest BCUT2D eigenvalue weighted by Gasteiger charge is -2.37. The van der Waals surface area contributed by atoms with E-state index < -0.39 is 10.6 Å². The highest BCUT2D eigenvalue weighted by Gasteiger charge is 2.05. The van der Waals surface area contributed by atoms with Crippen LogP contribution in [0.5, 0.6) is 0 Å². The van der Waals surface area contributed by atoms with Crippen LogP contribution in [0.2, 0.25) is 0 Å². The van der Waals surface area contributed by atoms with Gasteiger partial charge in [-0.3, -0.25) is 10.5 Å². The normalized spacial score (nSPS) is 12.5. The molecule has 0 aliphatic heterocycles. The molecule has 1 unspecified atom stereocenters. The summed E-state index contributed by atoms with van der Waals surface area (Å²) < 4.78 is -0.417. The third-order valence-corrected chi connectivity index (χ3v) is 3.48. The summed E-state index contributed by atoms with van der Waals surface area (Å²) in [6.07, 6.45) is 11.2. The molecule has 0 aromatic rings. The molecule has 0 aliphatic rings. The van der Waals surface area contributed by atoms with Crippen molar-refractivity contribution in [2.75, 3.05) is 14.1 Å². The summed E-state index contributed by atoms with van der Waals surface area (Å²) in [4.78, 5) is 10.2. The van der Waals surface area contributed by atoms with E-state index >= 15 is 0 Å². The van der Waals surface area contributed by atoms with E-state index in [0.717, 1.165) is 12.8 Å². The van der Waals surface area contributed by atoms with E-state index in [-0.39, 0.29) is 6.17 Å². The Hall–Kier alpha value is -0.650. The minimum Gasteiger partial charge on any atom is -0.632 e. The SMILES string of the molecule is CC(N)[N+](C)(C)[O-].CCCCCCCCCCCC(=O)O. The average Bonchev–Trinajstić information content (AvgIpc) is 2.36. The van der Waals surface area contributed by atoms with Crippen LogP contribution in [-0.2, 0) is 4.79 Å². The fraction of sp³-hybridized carbons (Fsp3) is 0.938. The van der Waals surface area contributed by atoms with Crippen molar-refractivity contribution in [1.29, 1.82) is 0 Å². The van der Waals surface area contributed by atoms with Crippen LogP contribution in [0.15, 0.2) is 0 Å². The van der Waals surface area contributed by atoms with E-state index in [0.29, 0.717) is 6.42 Å². The van der Waals surface area contributed by atoms with Crippen LogP contribution in [0.1, 0.15) is 78.1 Å². The maximum Gasteiger partial charge on any atom is 0.303 e. The van der Waals surface area contributed by atoms with Gasteiger partial charge in [0.1, 0.15) is 6.17 Å². The molecule has 1 atom stereocenters. The third kappa shape index (κ3) is 21.8. The van der Waals surface area contributed by atoms with Gasteiger partial charge < -0.3 is 15.0 Å². The zero-order valence-corrected chi connectivity index (χ0v) is 14.4. The number of aliphatic carboxylic acids is 1. The molecule has 128 valence electrons. The number of hydrogen-bond donors (Lipinski definition) is 2. The van der Waals surface area contributed by atoms with Crippen molar-refractivity contribution < 1.29 is 14.5 Å². The highest BCUT2D eigenvalue weighted by atomic mass is 16.5. The number of nitrogens with two attached hydrogens (primary N) is 1. The molecular weight excluding hydrogens is 268 g/mol. The second kappa shape index (κ2) is 14.3. The molecule has 0 rings (SSSR count). The topological polar surface area (TPSA) is 86.4 Å². The number of hydroxylamine groups is 3. The second-order valence-electron chi connectivity index (χ2n) is 6.15. The Balaban J connectivity index is 0. The zero-order chi connectivity index (χ0) is 16.7. The molecule has 5 heteroatoms. The summed E-state index contributed by atoms with van der Waals surface area (Å²) >= 11 is 0. The number of carboxylic acid groups (broad SMARTS) is 1. The highest BCUT2D eigenvalue weighted by Crippen LogP contribution is 2.10. The number of rotatable bonds is 11. The van der Waals surface area contributed by atoms with E-state index in [1.165, 1.54) is 59.0 Å². The van der Waals surface area contributed by atoms with Gasteiger partial charge in [0.2, 0.25) is 0 Å². The van der Waals surface area contributed by atoms with Gasteiger partial charge in [-0.1, -0.05) is 58.3 Å². The maximum absolute atomic E-state index is 10.6. The van der Waals surface area contributed by atoms with Crippen molar-refractivity contribution in [3.8, 4) is 0 Å². The van der Waals surface area contributed by atoms with Gasteiger partial charge in [0.25, 0.3) is 0 Å². The van der Waals surface area contributed by atoms with E-state index in [1.54, 1.807) is 6.92 Å². The molecule has 0 radical (unpaired) electrons. The third-order valence-electron chi connectivity index (χ3n) is 3.48. The summed E-state index contributed by atoms with van der Waals surface area (Å²) in [7, 11) is 3.04. The highest BCUT2D eigenvalue weighted by molar-refractivity contribution is 5.66. The van der Waals surface area contributed by atoms with E-state index in [9.17, 15) is 10.0 Å². The lowest BCUT2D eigenvalue weighted by atomic mass is 10.1. The predicted octanol–water partition coefficient (Wildman–Crippen LogP) is 3.86. The van der Waals surface area contributed by atoms with Gasteiger partial charge in [-0.15, -0.1) is 0 Å². The van der Waals surface area contributed by atoms with Gasteiger partial charge in [0.15, 0.2) is 0 Å². The van der Waals surface area contributed by atoms with Crippen LogP contribution in [-0.4, -0.2) is 36.0 Å². The van der Waals surface area contributed by atoms with E-state index in [1.807, 2.05) is 0 Å². The van der Waals surface area contributed by atoms with Crippen molar-refractivity contribution in [2.45, 2.75) is 84.2 Å². The predicted molar refractivity (Wildman–Crippen MR) is 88.6 cm³/mol. The molecule has 21 heavy (non-hydrogen) atoms. The molecule has 0 saturated heterocycles. The van der Waals surface area contributed by atoms with Crippen molar-refractivity contribution in [3.05, 3.63) is 5.21 Å². The number of hydrogen-bond acceptors (Lipinski definition) is 3. The molecule has 0 aromatic heterocycles. The molecule has 3 N–H and O–H groups in total. The first-order chi connectivity index (χ1) is 9.71. The average molecular weight is 304 g/mol. The summed E-state index contributed by atoms with van der Waals surface area (Å²) in [5.41, 5.74) is 5.23. The molecule has 0 amide bonds. The van der Waals surface area contributed by atoms with Crippen molar-refractivity contribution in [1.82, 2.24) is 0 Å². The summed E-state index contributed by atoms with van der Waals surface area (Å²) in [5, 5.41) is 19.0. The van der Waals surface area contributed by atoms with E-state index in [4.69, 9.17) is 10.8 Å². The lowest BCUT2D eigenvalue weighted by Crippen LogP contribution is -2.46. The summed E-state index contributed by atoms with van der Waals surface area (Å²) in [6, 6.07) is 0. The molecule has 5 nitrogen and oxygen atoms in total. The first kappa shape index (κ1) is 22.6. The van der Waals surface area contributed by atoms with Crippen LogP contribution in [0, 0.1) is 5.21 Å². The number of quaternary nitrogens is 1. The second-order valence-corrected chi connectivity index (χ2v) is 6.15. The van der Waals surface area contributed by atoms with E-state index in [2.05, 4.69) is 6.92 Å². The van der Waals surface area contributed by atoms with Gasteiger partial charge in [-0.25, -0.2) is 0 Å². The van der Waals surface area contributed by atoms with Crippen molar-refractivity contribution in [2.24, 2.45) is 5.73 Å². The molecule has 0 aromatic carbocycles. The monoisotopic (exact) mass is 304 g/mol. The van der Waals surface area contributed by atoms with Crippen LogP contribution in [0.4, 0.5) is 0 Å². The van der Waals surface area contributed by atoms with Gasteiger partial charge in [-0.05, 0) is 6.42 Å². The number of nitrogens with zero attached hydrogens (tertiary/aromatic N) is 1. The Morgan fingerprint density at radius 2 is 1.38 bits per heavy atom. The molecule has 0 spiro atoms. The first-order valence-electron chi connectivity index (χ1n) is 8.23. The zero-order valence-electron chi connectivity index (χ0n) is 14.4. The number of carbonyl (C=O) groups is 1. The first-order valence-corrected chi connectivity index (χ1v) is 8.23. The quantitative estimate of drug-likeness (QED) is 0.263. The minimum absolute atomic E-state index is 0.319. The van der Waals surface area contributed by atoms with Crippen LogP contribution in [0.3, 0.4) is 0 Å².